The van der Waals surface area contributed by atoms with E-state index in [0.29, 0.717) is 29.3 Å². The van der Waals surface area contributed by atoms with Gasteiger partial charge in [0.15, 0.2) is 5.82 Å². The maximum absolute atomic E-state index is 12.7. The number of nitrogen functional groups attached to an aromatic ring is 1. The van der Waals surface area contributed by atoms with Gasteiger partial charge in [-0.1, -0.05) is 79.0 Å². The fourth-order valence-electron chi connectivity index (χ4n) is 3.73. The van der Waals surface area contributed by atoms with Crippen LogP contribution in [0.25, 0.3) is 17.3 Å². The van der Waals surface area contributed by atoms with Crippen LogP contribution in [0.3, 0.4) is 0 Å². The van der Waals surface area contributed by atoms with Crippen molar-refractivity contribution in [3.8, 4) is 11.3 Å². The van der Waals surface area contributed by atoms with E-state index in [0.717, 1.165) is 36.8 Å². The summed E-state index contributed by atoms with van der Waals surface area (Å²) in [5.41, 5.74) is 11.0. The van der Waals surface area contributed by atoms with E-state index in [1.54, 1.807) is 6.20 Å². The molecule has 5 heteroatoms. The van der Waals surface area contributed by atoms with Crippen LogP contribution in [-0.2, 0) is 4.79 Å². The molecule has 0 unspecified atom stereocenters. The second-order valence-corrected chi connectivity index (χ2v) is 8.39. The van der Waals surface area contributed by atoms with Crippen LogP contribution >= 0.6 is 0 Å². The zero-order chi connectivity index (χ0) is 24.3. The molecular formula is C30H30N4O. The van der Waals surface area contributed by atoms with Gasteiger partial charge >= 0.3 is 0 Å². The average Bonchev–Trinajstić information content (AvgIpc) is 3.29. The summed E-state index contributed by atoms with van der Waals surface area (Å²) < 4.78 is 0. The van der Waals surface area contributed by atoms with Gasteiger partial charge in [-0.15, -0.1) is 0 Å². The van der Waals surface area contributed by atoms with Crippen LogP contribution in [0.5, 0.6) is 0 Å². The third-order valence-corrected chi connectivity index (χ3v) is 5.62. The van der Waals surface area contributed by atoms with E-state index in [1.807, 2.05) is 48.6 Å². The average molecular weight is 463 g/mol. The molecule has 3 N–H and O–H groups in total. The number of hydrogen-bond acceptors (Lipinski definition) is 4. The molecule has 1 amide bonds. The highest BCUT2D eigenvalue weighted by molar-refractivity contribution is 5.91. The lowest BCUT2D eigenvalue weighted by molar-refractivity contribution is -0.116. The van der Waals surface area contributed by atoms with Gasteiger partial charge < -0.3 is 11.1 Å². The first-order valence-electron chi connectivity index (χ1n) is 11.9. The second-order valence-electron chi connectivity index (χ2n) is 8.39. The maximum atomic E-state index is 12.7. The minimum atomic E-state index is -0.0700. The molecule has 0 saturated heterocycles. The standard InChI is InChI=1S/C30H30N4O/c31-26-19-17-25(18-20-26)28-22-32-30(27(33-28)21-16-24-12-7-3-4-8-13-24)34-29(35)15-9-14-23-10-5-1-2-6-11-23/h1,3,5-8,10-13,16-22H,2,4,9,14-15,31H2,(H,32,34,35)/b21-16+. The third-order valence-electron chi connectivity index (χ3n) is 5.62. The lowest BCUT2D eigenvalue weighted by Gasteiger charge is -2.10. The van der Waals surface area contributed by atoms with Crippen LogP contribution in [-0.4, -0.2) is 15.9 Å². The van der Waals surface area contributed by atoms with Crippen LogP contribution in [0.15, 0.2) is 108 Å². The van der Waals surface area contributed by atoms with E-state index < -0.39 is 0 Å². The largest absolute Gasteiger partial charge is 0.399 e. The first-order valence-corrected chi connectivity index (χ1v) is 11.9. The van der Waals surface area contributed by atoms with Crippen LogP contribution in [0, 0.1) is 0 Å². The van der Waals surface area contributed by atoms with Crippen LogP contribution in [0.1, 0.15) is 37.8 Å². The number of carbonyl (C=O) groups is 1. The number of nitrogens with zero attached hydrogens (tertiary/aromatic N) is 2. The monoisotopic (exact) mass is 462 g/mol. The maximum Gasteiger partial charge on any atom is 0.225 e. The molecule has 2 aliphatic carbocycles. The van der Waals surface area contributed by atoms with Gasteiger partial charge in [0.25, 0.3) is 0 Å². The van der Waals surface area contributed by atoms with E-state index in [1.165, 1.54) is 5.57 Å². The van der Waals surface area contributed by atoms with Crippen molar-refractivity contribution < 1.29 is 4.79 Å². The lowest BCUT2D eigenvalue weighted by atomic mass is 10.1. The molecule has 4 rings (SSSR count). The quantitative estimate of drug-likeness (QED) is 0.426. The summed E-state index contributed by atoms with van der Waals surface area (Å²) >= 11 is 0. The van der Waals surface area contributed by atoms with Gasteiger partial charge in [-0.05, 0) is 55.0 Å². The van der Waals surface area contributed by atoms with Crippen molar-refractivity contribution in [2.45, 2.75) is 32.1 Å². The number of hydrogen-bond donors (Lipinski definition) is 2. The fraction of sp³-hybridized carbons (Fsp3) is 0.167. The lowest BCUT2D eigenvalue weighted by Crippen LogP contribution is -2.14. The van der Waals surface area contributed by atoms with E-state index >= 15 is 0 Å². The van der Waals surface area contributed by atoms with Crippen molar-refractivity contribution >= 4 is 23.5 Å². The topological polar surface area (TPSA) is 80.9 Å². The van der Waals surface area contributed by atoms with Crippen molar-refractivity contribution in [2.24, 2.45) is 0 Å². The second kappa shape index (κ2) is 12.3. The first kappa shape index (κ1) is 23.9. The molecule has 0 radical (unpaired) electrons. The predicted molar refractivity (Wildman–Crippen MR) is 145 cm³/mol. The molecule has 0 aliphatic heterocycles. The van der Waals surface area contributed by atoms with Gasteiger partial charge in [0, 0.05) is 17.7 Å². The minimum Gasteiger partial charge on any atom is -0.399 e. The Balaban J connectivity index is 1.50. The van der Waals surface area contributed by atoms with Gasteiger partial charge in [0.1, 0.15) is 5.69 Å². The summed E-state index contributed by atoms with van der Waals surface area (Å²) in [6.45, 7) is 0. The molecule has 0 atom stereocenters. The van der Waals surface area contributed by atoms with E-state index in [4.69, 9.17) is 10.7 Å². The summed E-state index contributed by atoms with van der Waals surface area (Å²) in [6, 6.07) is 7.51. The Morgan fingerprint density at radius 2 is 1.74 bits per heavy atom. The number of anilines is 2. The molecule has 1 aromatic carbocycles. The highest BCUT2D eigenvalue weighted by Crippen LogP contribution is 2.23. The minimum absolute atomic E-state index is 0.0700. The normalized spacial score (nSPS) is 15.0. The Hall–Kier alpha value is -4.25. The molecule has 0 saturated carbocycles. The number of amides is 1. The van der Waals surface area contributed by atoms with Crippen molar-refractivity contribution in [3.05, 3.63) is 114 Å². The van der Waals surface area contributed by atoms with E-state index in [-0.39, 0.29) is 5.91 Å². The molecule has 176 valence electrons. The van der Waals surface area contributed by atoms with Gasteiger partial charge in [0.05, 0.1) is 11.9 Å². The highest BCUT2D eigenvalue weighted by Gasteiger charge is 2.11. The number of carbonyl (C=O) groups excluding carboxylic acids is 1. The number of nitrogens with one attached hydrogen (secondary N) is 1. The smallest absolute Gasteiger partial charge is 0.225 e. The van der Waals surface area contributed by atoms with Crippen LogP contribution < -0.4 is 11.1 Å². The molecule has 5 nitrogen and oxygen atoms in total. The van der Waals surface area contributed by atoms with Gasteiger partial charge in [-0.2, -0.15) is 0 Å². The Morgan fingerprint density at radius 1 is 0.971 bits per heavy atom. The molecule has 35 heavy (non-hydrogen) atoms. The van der Waals surface area contributed by atoms with Crippen molar-refractivity contribution in [1.82, 2.24) is 9.97 Å². The molecule has 0 spiro atoms. The SMILES string of the molecule is Nc1ccc(-c2cnc(NC(=O)CCCC3=CC=CCC=C3)c(/C=C/C3=CC=CCC=C3)n2)cc1. The zero-order valence-corrected chi connectivity index (χ0v) is 19.7. The summed E-state index contributed by atoms with van der Waals surface area (Å²) in [5, 5.41) is 2.96. The summed E-state index contributed by atoms with van der Waals surface area (Å²) in [6.07, 6.45) is 30.4. The Labute approximate surface area is 206 Å². The van der Waals surface area contributed by atoms with E-state index in [2.05, 4.69) is 58.9 Å². The Bertz CT molecular complexity index is 1260. The van der Waals surface area contributed by atoms with Crippen molar-refractivity contribution in [1.29, 1.82) is 0 Å². The Morgan fingerprint density at radius 3 is 2.57 bits per heavy atom. The number of aromatic nitrogens is 2. The first-order chi connectivity index (χ1) is 17.2. The number of allylic oxidation sites excluding steroid dienone is 13. The van der Waals surface area contributed by atoms with E-state index in [9.17, 15) is 4.79 Å². The summed E-state index contributed by atoms with van der Waals surface area (Å²) in [5.74, 6) is 0.384. The number of rotatable bonds is 8. The third kappa shape index (κ3) is 7.37. The predicted octanol–water partition coefficient (Wildman–Crippen LogP) is 6.73. The molecule has 1 heterocycles. The zero-order valence-electron chi connectivity index (χ0n) is 19.7. The Kier molecular flexibility index (Phi) is 8.38. The summed E-state index contributed by atoms with van der Waals surface area (Å²) in [7, 11) is 0. The number of nitrogens with two attached hydrogens (primary N) is 1. The highest BCUT2D eigenvalue weighted by atomic mass is 16.1. The van der Waals surface area contributed by atoms with Crippen LogP contribution in [0.2, 0.25) is 0 Å². The molecule has 1 aromatic heterocycles. The molecular weight excluding hydrogens is 432 g/mol. The van der Waals surface area contributed by atoms with Gasteiger partial charge in [0.2, 0.25) is 5.91 Å². The molecule has 2 aliphatic rings. The fourth-order valence-corrected chi connectivity index (χ4v) is 3.73. The molecule has 0 bridgehead atoms. The van der Waals surface area contributed by atoms with Crippen LogP contribution in [0.4, 0.5) is 11.5 Å². The molecule has 0 fully saturated rings. The van der Waals surface area contributed by atoms with Gasteiger partial charge in [-0.25, -0.2) is 9.97 Å². The summed E-state index contributed by atoms with van der Waals surface area (Å²) in [4.78, 5) is 22.1. The van der Waals surface area contributed by atoms with Crippen molar-refractivity contribution in [2.75, 3.05) is 11.1 Å². The molecule has 2 aromatic rings. The van der Waals surface area contributed by atoms with Crippen molar-refractivity contribution in [3.63, 3.8) is 0 Å². The van der Waals surface area contributed by atoms with Gasteiger partial charge in [-0.3, -0.25) is 4.79 Å². The number of benzene rings is 1.